The number of aromatic nitrogens is 1. The number of aliphatic imine (C=N–C) groups is 1. The first kappa shape index (κ1) is 21.2. The van der Waals surface area contributed by atoms with E-state index in [0.717, 1.165) is 11.4 Å². The molecular weight excluding hydrogens is 440 g/mol. The van der Waals surface area contributed by atoms with Crippen LogP contribution in [0.3, 0.4) is 0 Å². The third-order valence-electron chi connectivity index (χ3n) is 2.11. The summed E-state index contributed by atoms with van der Waals surface area (Å²) in [4.78, 5) is 9.81. The van der Waals surface area contributed by atoms with Crippen molar-refractivity contribution in [1.29, 1.82) is 0 Å². The number of hydrogen-bond acceptors (Lipinski definition) is 3. The fourth-order valence-corrected chi connectivity index (χ4v) is 1.87. The molecular formula is C13H12Br2CuN2S. The van der Waals surface area contributed by atoms with E-state index in [4.69, 9.17) is 0 Å². The summed E-state index contributed by atoms with van der Waals surface area (Å²) in [6, 6.07) is 13.9. The SMILES string of the molecule is CSc1ccccc1/N=C/c1ccccn1.[Br-].[Br-].[Cu+2]. The maximum absolute atomic E-state index is 4.44. The molecule has 19 heavy (non-hydrogen) atoms. The van der Waals surface area contributed by atoms with E-state index < -0.39 is 0 Å². The van der Waals surface area contributed by atoms with E-state index in [1.807, 2.05) is 36.4 Å². The van der Waals surface area contributed by atoms with E-state index in [0.29, 0.717) is 0 Å². The van der Waals surface area contributed by atoms with Crippen LogP contribution < -0.4 is 34.0 Å². The average molecular weight is 452 g/mol. The van der Waals surface area contributed by atoms with E-state index in [9.17, 15) is 0 Å². The monoisotopic (exact) mass is 449 g/mol. The number of rotatable bonds is 3. The molecule has 105 valence electrons. The van der Waals surface area contributed by atoms with Gasteiger partial charge in [-0.15, -0.1) is 11.8 Å². The molecule has 0 atom stereocenters. The first-order valence-electron chi connectivity index (χ1n) is 4.98. The van der Waals surface area contributed by atoms with Crippen molar-refractivity contribution in [3.05, 3.63) is 54.4 Å². The molecule has 0 spiro atoms. The molecule has 1 radical (unpaired) electrons. The molecule has 0 saturated carbocycles. The Hall–Kier alpha value is -0.131. The molecule has 2 rings (SSSR count). The number of pyridine rings is 1. The molecule has 2 nitrogen and oxygen atoms in total. The van der Waals surface area contributed by atoms with Crippen molar-refractivity contribution in [1.82, 2.24) is 4.98 Å². The second-order valence-corrected chi connectivity index (χ2v) is 4.03. The van der Waals surface area contributed by atoms with Gasteiger partial charge < -0.3 is 34.0 Å². The van der Waals surface area contributed by atoms with Crippen LogP contribution in [0.4, 0.5) is 5.69 Å². The molecule has 6 heteroatoms. The first-order valence-corrected chi connectivity index (χ1v) is 6.21. The number of benzene rings is 1. The predicted octanol–water partition coefficient (Wildman–Crippen LogP) is -2.44. The first-order chi connectivity index (χ1) is 7.90. The molecule has 1 heterocycles. The Kier molecular flexibility index (Phi) is 13.0. The summed E-state index contributed by atoms with van der Waals surface area (Å²) in [6.07, 6.45) is 5.60. The van der Waals surface area contributed by atoms with E-state index in [1.54, 1.807) is 24.2 Å². The van der Waals surface area contributed by atoms with E-state index in [2.05, 4.69) is 22.3 Å². The average Bonchev–Trinajstić information content (AvgIpc) is 2.38. The van der Waals surface area contributed by atoms with Crippen molar-refractivity contribution in [3.8, 4) is 0 Å². The Labute approximate surface area is 149 Å². The van der Waals surface area contributed by atoms with Crippen molar-refractivity contribution < 1.29 is 51.0 Å². The van der Waals surface area contributed by atoms with E-state index in [1.165, 1.54) is 4.90 Å². The van der Waals surface area contributed by atoms with Gasteiger partial charge in [0.15, 0.2) is 0 Å². The summed E-state index contributed by atoms with van der Waals surface area (Å²) in [5, 5.41) is 0. The number of thioether (sulfide) groups is 1. The summed E-state index contributed by atoms with van der Waals surface area (Å²) in [6.45, 7) is 0. The molecule has 0 bridgehead atoms. The zero-order valence-electron chi connectivity index (χ0n) is 10.1. The largest absolute Gasteiger partial charge is 2.00 e. The molecule has 0 amide bonds. The van der Waals surface area contributed by atoms with Crippen LogP contribution in [0.5, 0.6) is 0 Å². The van der Waals surface area contributed by atoms with Gasteiger partial charge in [0.1, 0.15) is 0 Å². The second kappa shape index (κ2) is 11.7. The van der Waals surface area contributed by atoms with Gasteiger partial charge in [0.25, 0.3) is 0 Å². The molecule has 1 aromatic heterocycles. The Morgan fingerprint density at radius 2 is 1.74 bits per heavy atom. The summed E-state index contributed by atoms with van der Waals surface area (Å²) in [5.41, 5.74) is 1.86. The van der Waals surface area contributed by atoms with Gasteiger partial charge in [-0.2, -0.15) is 0 Å². The van der Waals surface area contributed by atoms with Crippen molar-refractivity contribution in [2.24, 2.45) is 4.99 Å². The van der Waals surface area contributed by atoms with Gasteiger partial charge in [0, 0.05) is 11.1 Å². The molecule has 0 N–H and O–H groups in total. The van der Waals surface area contributed by atoms with Crippen LogP contribution in [-0.4, -0.2) is 17.5 Å². The van der Waals surface area contributed by atoms with Crippen molar-refractivity contribution >= 4 is 23.7 Å². The molecule has 1 aromatic carbocycles. The van der Waals surface area contributed by atoms with Gasteiger partial charge in [-0.05, 0) is 30.5 Å². The normalized spacial score (nSPS) is 9.11. The molecule has 0 aliphatic rings. The minimum atomic E-state index is 0. The van der Waals surface area contributed by atoms with E-state index in [-0.39, 0.29) is 51.0 Å². The van der Waals surface area contributed by atoms with Crippen molar-refractivity contribution in [3.63, 3.8) is 0 Å². The molecule has 0 aliphatic heterocycles. The quantitative estimate of drug-likeness (QED) is 0.294. The third kappa shape index (κ3) is 6.72. The Bertz CT molecular complexity index is 495. The van der Waals surface area contributed by atoms with Gasteiger partial charge in [-0.1, -0.05) is 18.2 Å². The Morgan fingerprint density at radius 1 is 1.05 bits per heavy atom. The zero-order valence-corrected chi connectivity index (χ0v) is 15.0. The van der Waals surface area contributed by atoms with Crippen LogP contribution in [0.2, 0.25) is 0 Å². The minimum Gasteiger partial charge on any atom is -1.00 e. The van der Waals surface area contributed by atoms with Crippen LogP contribution in [0.15, 0.2) is 58.5 Å². The van der Waals surface area contributed by atoms with E-state index >= 15 is 0 Å². The molecule has 0 aliphatic carbocycles. The summed E-state index contributed by atoms with van der Waals surface area (Å²) in [7, 11) is 0. The molecule has 0 unspecified atom stereocenters. The topological polar surface area (TPSA) is 25.2 Å². The minimum absolute atomic E-state index is 0. The second-order valence-electron chi connectivity index (χ2n) is 3.18. The van der Waals surface area contributed by atoms with Crippen molar-refractivity contribution in [2.45, 2.75) is 4.90 Å². The fraction of sp³-hybridized carbons (Fsp3) is 0.0769. The predicted molar refractivity (Wildman–Crippen MR) is 69.7 cm³/mol. The summed E-state index contributed by atoms with van der Waals surface area (Å²) < 4.78 is 0. The number of halogens is 2. The van der Waals surface area contributed by atoms with Gasteiger partial charge in [-0.3, -0.25) is 9.98 Å². The molecule has 0 saturated heterocycles. The van der Waals surface area contributed by atoms with Gasteiger partial charge in [0.2, 0.25) is 0 Å². The number of nitrogens with zero attached hydrogens (tertiary/aromatic N) is 2. The third-order valence-corrected chi connectivity index (χ3v) is 2.89. The zero-order chi connectivity index (χ0) is 11.2. The molecule has 0 fully saturated rings. The van der Waals surface area contributed by atoms with Crippen LogP contribution in [0.1, 0.15) is 5.69 Å². The number of hydrogen-bond donors (Lipinski definition) is 0. The smallest absolute Gasteiger partial charge is 1.00 e. The van der Waals surface area contributed by atoms with Gasteiger partial charge in [0.05, 0.1) is 17.6 Å². The standard InChI is InChI=1S/C13H12N2S.2BrH.Cu/c1-16-13-8-3-2-7-12(13)15-10-11-6-4-5-9-14-11;;;/h2-10H,1H3;2*1H;/q;;;+2/p-2/b15-10+;;;. The maximum Gasteiger partial charge on any atom is 2.00 e. The summed E-state index contributed by atoms with van der Waals surface area (Å²) in [5.74, 6) is 0. The van der Waals surface area contributed by atoms with Crippen LogP contribution in [0.25, 0.3) is 0 Å². The van der Waals surface area contributed by atoms with Gasteiger partial charge in [-0.25, -0.2) is 0 Å². The Morgan fingerprint density at radius 3 is 2.37 bits per heavy atom. The van der Waals surface area contributed by atoms with Crippen LogP contribution in [-0.2, 0) is 17.1 Å². The van der Waals surface area contributed by atoms with Gasteiger partial charge >= 0.3 is 17.1 Å². The Balaban J connectivity index is 0. The van der Waals surface area contributed by atoms with Crippen LogP contribution >= 0.6 is 11.8 Å². The molecule has 2 aromatic rings. The summed E-state index contributed by atoms with van der Waals surface area (Å²) >= 11 is 1.70. The van der Waals surface area contributed by atoms with Crippen molar-refractivity contribution in [2.75, 3.05) is 6.26 Å². The fourth-order valence-electron chi connectivity index (χ4n) is 1.32. The number of para-hydroxylation sites is 1. The maximum atomic E-state index is 4.44. The van der Waals surface area contributed by atoms with Crippen LogP contribution in [0, 0.1) is 0 Å².